The lowest BCUT2D eigenvalue weighted by molar-refractivity contribution is -0.135. The van der Waals surface area contributed by atoms with Crippen molar-refractivity contribution in [3.05, 3.63) is 36.0 Å². The van der Waals surface area contributed by atoms with Gasteiger partial charge in [-0.2, -0.15) is 0 Å². The van der Waals surface area contributed by atoms with Crippen molar-refractivity contribution < 1.29 is 4.79 Å². The molecular weight excluding hydrogens is 310 g/mol. The number of nitrogens with zero attached hydrogens (tertiary/aromatic N) is 1. The Morgan fingerprint density at radius 3 is 2.68 bits per heavy atom. The molecule has 0 bridgehead atoms. The van der Waals surface area contributed by atoms with E-state index in [0.717, 1.165) is 38.8 Å². The summed E-state index contributed by atoms with van der Waals surface area (Å²) < 4.78 is 0. The van der Waals surface area contributed by atoms with E-state index >= 15 is 0 Å². The molecule has 1 saturated heterocycles. The van der Waals surface area contributed by atoms with Crippen molar-refractivity contribution in [1.82, 2.24) is 15.2 Å². The van der Waals surface area contributed by atoms with Crippen LogP contribution in [0.4, 0.5) is 0 Å². The molecule has 0 saturated carbocycles. The van der Waals surface area contributed by atoms with Crippen LogP contribution in [0.25, 0.3) is 10.9 Å². The highest BCUT2D eigenvalue weighted by Gasteiger charge is 2.24. The van der Waals surface area contributed by atoms with Crippen molar-refractivity contribution in [1.29, 1.82) is 0 Å². The van der Waals surface area contributed by atoms with E-state index in [1.54, 1.807) is 0 Å². The number of carbonyl (C=O) groups is 1. The Kier molecular flexibility index (Phi) is 5.79. The minimum absolute atomic E-state index is 0.111. The highest BCUT2D eigenvalue weighted by molar-refractivity contribution is 5.83. The lowest BCUT2D eigenvalue weighted by Crippen LogP contribution is -2.48. The third-order valence-corrected chi connectivity index (χ3v) is 5.34. The minimum atomic E-state index is 0.111. The van der Waals surface area contributed by atoms with Crippen LogP contribution < -0.4 is 5.32 Å². The molecule has 4 heteroatoms. The maximum Gasteiger partial charge on any atom is 0.225 e. The standard InChI is InChI=1S/C21H31N3O/c1-15(2)21(25)24-12-10-18(11-13-24)23-16(3)8-9-17-14-22-20-7-5-4-6-19(17)20/h4-7,14-16,18,22-23H,8-13H2,1-3H3/t16-/m0/s1. The summed E-state index contributed by atoms with van der Waals surface area (Å²) in [5, 5.41) is 5.11. The lowest BCUT2D eigenvalue weighted by Gasteiger charge is -2.34. The number of para-hydroxylation sites is 1. The van der Waals surface area contributed by atoms with Gasteiger partial charge in [0.1, 0.15) is 0 Å². The highest BCUT2D eigenvalue weighted by atomic mass is 16.2. The second kappa shape index (κ2) is 8.05. The summed E-state index contributed by atoms with van der Waals surface area (Å²) in [5.41, 5.74) is 2.63. The Hall–Kier alpha value is -1.81. The van der Waals surface area contributed by atoms with E-state index in [0.29, 0.717) is 18.0 Å². The van der Waals surface area contributed by atoms with E-state index in [-0.39, 0.29) is 5.92 Å². The van der Waals surface area contributed by atoms with Crippen LogP contribution in [0.5, 0.6) is 0 Å². The molecule has 2 N–H and O–H groups in total. The van der Waals surface area contributed by atoms with Gasteiger partial charge in [0.15, 0.2) is 0 Å². The van der Waals surface area contributed by atoms with Gasteiger partial charge >= 0.3 is 0 Å². The minimum Gasteiger partial charge on any atom is -0.361 e. The van der Waals surface area contributed by atoms with Crippen LogP contribution in [-0.2, 0) is 11.2 Å². The predicted octanol–water partition coefficient (Wildman–Crippen LogP) is 3.73. The smallest absolute Gasteiger partial charge is 0.225 e. The van der Waals surface area contributed by atoms with Crippen molar-refractivity contribution in [2.45, 2.75) is 58.5 Å². The number of benzene rings is 1. The second-order valence-corrected chi connectivity index (χ2v) is 7.72. The first kappa shape index (κ1) is 18.0. The monoisotopic (exact) mass is 341 g/mol. The van der Waals surface area contributed by atoms with Crippen molar-refractivity contribution in [3.63, 3.8) is 0 Å². The van der Waals surface area contributed by atoms with E-state index < -0.39 is 0 Å². The number of hydrogen-bond donors (Lipinski definition) is 2. The van der Waals surface area contributed by atoms with E-state index in [1.807, 2.05) is 18.7 Å². The zero-order valence-corrected chi connectivity index (χ0v) is 15.7. The first-order chi connectivity index (χ1) is 12.0. The molecule has 2 aromatic rings. The zero-order valence-electron chi connectivity index (χ0n) is 15.7. The van der Waals surface area contributed by atoms with Gasteiger partial charge in [0.25, 0.3) is 0 Å². The third-order valence-electron chi connectivity index (χ3n) is 5.34. The van der Waals surface area contributed by atoms with E-state index in [4.69, 9.17) is 0 Å². The van der Waals surface area contributed by atoms with Gasteiger partial charge in [-0.25, -0.2) is 0 Å². The van der Waals surface area contributed by atoms with Crippen LogP contribution in [0, 0.1) is 5.92 Å². The number of aromatic amines is 1. The van der Waals surface area contributed by atoms with Crippen molar-refractivity contribution in [2.75, 3.05) is 13.1 Å². The highest BCUT2D eigenvalue weighted by Crippen LogP contribution is 2.20. The maximum atomic E-state index is 12.1. The molecule has 2 heterocycles. The topological polar surface area (TPSA) is 48.1 Å². The average molecular weight is 341 g/mol. The zero-order chi connectivity index (χ0) is 17.8. The van der Waals surface area contributed by atoms with Gasteiger partial charge in [0, 0.05) is 48.2 Å². The molecule has 1 atom stereocenters. The van der Waals surface area contributed by atoms with Crippen LogP contribution >= 0.6 is 0 Å². The lowest BCUT2D eigenvalue weighted by atomic mass is 10.0. The number of piperidine rings is 1. The van der Waals surface area contributed by atoms with E-state index in [1.165, 1.54) is 16.5 Å². The molecule has 136 valence electrons. The number of carbonyl (C=O) groups excluding carboxylic acids is 1. The quantitative estimate of drug-likeness (QED) is 0.841. The molecule has 3 rings (SSSR count). The number of likely N-dealkylation sites (tertiary alicyclic amines) is 1. The number of H-pyrrole nitrogens is 1. The number of nitrogens with one attached hydrogen (secondary N) is 2. The van der Waals surface area contributed by atoms with Gasteiger partial charge in [-0.1, -0.05) is 32.0 Å². The Labute approximate surface area is 151 Å². The van der Waals surface area contributed by atoms with Gasteiger partial charge in [-0.3, -0.25) is 4.79 Å². The summed E-state index contributed by atoms with van der Waals surface area (Å²) in [6.07, 6.45) is 6.50. The van der Waals surface area contributed by atoms with Gasteiger partial charge in [-0.05, 0) is 44.2 Å². The molecule has 0 aliphatic carbocycles. The molecule has 1 aromatic carbocycles. The normalized spacial score (nSPS) is 17.4. The number of hydrogen-bond acceptors (Lipinski definition) is 2. The second-order valence-electron chi connectivity index (χ2n) is 7.72. The summed E-state index contributed by atoms with van der Waals surface area (Å²) in [6.45, 7) is 8.03. The van der Waals surface area contributed by atoms with Gasteiger partial charge < -0.3 is 15.2 Å². The summed E-state index contributed by atoms with van der Waals surface area (Å²) in [6, 6.07) is 9.53. The van der Waals surface area contributed by atoms with Crippen LogP contribution in [0.15, 0.2) is 30.5 Å². The Morgan fingerprint density at radius 2 is 1.96 bits per heavy atom. The van der Waals surface area contributed by atoms with Gasteiger partial charge in [-0.15, -0.1) is 0 Å². The van der Waals surface area contributed by atoms with Crippen molar-refractivity contribution >= 4 is 16.8 Å². The molecule has 1 aromatic heterocycles. The van der Waals surface area contributed by atoms with Crippen LogP contribution in [0.2, 0.25) is 0 Å². The van der Waals surface area contributed by atoms with Crippen LogP contribution in [0.3, 0.4) is 0 Å². The van der Waals surface area contributed by atoms with Crippen LogP contribution in [-0.4, -0.2) is 41.0 Å². The maximum absolute atomic E-state index is 12.1. The Bertz CT molecular complexity index is 698. The third kappa shape index (κ3) is 4.43. The molecule has 1 aliphatic heterocycles. The van der Waals surface area contributed by atoms with Gasteiger partial charge in [0.05, 0.1) is 0 Å². The number of fused-ring (bicyclic) bond motifs is 1. The van der Waals surface area contributed by atoms with Gasteiger partial charge in [0.2, 0.25) is 5.91 Å². The SMILES string of the molecule is CC(C)C(=O)N1CCC(N[C@@H](C)CCc2c[nH]c3ccccc23)CC1. The van der Waals surface area contributed by atoms with E-state index in [2.05, 4.69) is 47.7 Å². The molecule has 1 amide bonds. The largest absolute Gasteiger partial charge is 0.361 e. The summed E-state index contributed by atoms with van der Waals surface area (Å²) in [4.78, 5) is 17.5. The molecule has 1 fully saturated rings. The Morgan fingerprint density at radius 1 is 1.24 bits per heavy atom. The number of amides is 1. The van der Waals surface area contributed by atoms with Crippen molar-refractivity contribution in [2.24, 2.45) is 5.92 Å². The molecule has 0 unspecified atom stereocenters. The first-order valence-corrected chi connectivity index (χ1v) is 9.64. The van der Waals surface area contributed by atoms with Crippen LogP contribution in [0.1, 0.15) is 45.6 Å². The molecule has 0 spiro atoms. The molecular formula is C21H31N3O. The molecule has 0 radical (unpaired) electrons. The average Bonchev–Trinajstić information content (AvgIpc) is 3.03. The number of rotatable bonds is 6. The first-order valence-electron chi connectivity index (χ1n) is 9.64. The fourth-order valence-electron chi connectivity index (χ4n) is 3.83. The molecule has 1 aliphatic rings. The summed E-state index contributed by atoms with van der Waals surface area (Å²) in [5.74, 6) is 0.408. The number of aromatic nitrogens is 1. The van der Waals surface area contributed by atoms with Crippen molar-refractivity contribution in [3.8, 4) is 0 Å². The predicted molar refractivity (Wildman–Crippen MR) is 104 cm³/mol. The van der Waals surface area contributed by atoms with E-state index in [9.17, 15) is 4.79 Å². The summed E-state index contributed by atoms with van der Waals surface area (Å²) in [7, 11) is 0. The fraction of sp³-hybridized carbons (Fsp3) is 0.571. The molecule has 25 heavy (non-hydrogen) atoms. The Balaban J connectivity index is 1.44. The number of aryl methyl sites for hydroxylation is 1. The molecule has 4 nitrogen and oxygen atoms in total. The summed E-state index contributed by atoms with van der Waals surface area (Å²) >= 11 is 0. The fourth-order valence-corrected chi connectivity index (χ4v) is 3.83.